The van der Waals surface area contributed by atoms with Crippen LogP contribution in [0.2, 0.25) is 0 Å². The molecule has 1 aromatic carbocycles. The normalized spacial score (nSPS) is 11.2. The fraction of sp³-hybridized carbons (Fsp3) is 0.312. The summed E-state index contributed by atoms with van der Waals surface area (Å²) in [4.78, 5) is 23.2. The Bertz CT molecular complexity index is 896. The molecule has 140 valence electrons. The molecule has 10 heteroatoms. The zero-order valence-corrected chi connectivity index (χ0v) is 15.1. The Hall–Kier alpha value is -2.88. The number of amides is 1. The molecule has 0 bridgehead atoms. The maximum Gasteiger partial charge on any atom is 0.427 e. The number of benzene rings is 1. The highest BCUT2D eigenvalue weighted by Crippen LogP contribution is 2.25. The number of aliphatic carboxylic acids is 1. The zero-order valence-electron chi connectivity index (χ0n) is 14.3. The van der Waals surface area contributed by atoms with Crippen molar-refractivity contribution < 1.29 is 28.9 Å². The first-order chi connectivity index (χ1) is 12.0. The Morgan fingerprint density at radius 1 is 1.27 bits per heavy atom. The van der Waals surface area contributed by atoms with Gasteiger partial charge in [0.1, 0.15) is 17.1 Å². The molecule has 0 fully saturated rings. The van der Waals surface area contributed by atoms with E-state index in [1.165, 1.54) is 12.1 Å². The molecule has 2 rings (SSSR count). The molecule has 0 spiro atoms. The number of carbonyl (C=O) groups is 2. The van der Waals surface area contributed by atoms with Gasteiger partial charge in [0.2, 0.25) is 10.7 Å². The van der Waals surface area contributed by atoms with Gasteiger partial charge in [-0.25, -0.2) is 19.3 Å². The molecular formula is C16H18FN3O5S. The van der Waals surface area contributed by atoms with E-state index >= 15 is 0 Å². The van der Waals surface area contributed by atoms with E-state index in [1.807, 2.05) is 0 Å². The van der Waals surface area contributed by atoms with Crippen molar-refractivity contribution in [3.63, 3.8) is 0 Å². The monoisotopic (exact) mass is 383 g/mol. The fourth-order valence-corrected chi connectivity index (χ4v) is 2.51. The summed E-state index contributed by atoms with van der Waals surface area (Å²) < 4.78 is 20.2. The molecule has 1 aromatic heterocycles. The van der Waals surface area contributed by atoms with Crippen molar-refractivity contribution >= 4 is 24.3 Å². The van der Waals surface area contributed by atoms with Crippen LogP contribution >= 0.6 is 12.2 Å². The van der Waals surface area contributed by atoms with Crippen molar-refractivity contribution in [1.82, 2.24) is 9.24 Å². The van der Waals surface area contributed by atoms with Crippen LogP contribution in [0.25, 0.3) is 5.69 Å². The van der Waals surface area contributed by atoms with E-state index in [9.17, 15) is 19.1 Å². The summed E-state index contributed by atoms with van der Waals surface area (Å²) in [7, 11) is 0. The molecule has 0 saturated heterocycles. The number of imidazole rings is 1. The Morgan fingerprint density at radius 2 is 1.85 bits per heavy atom. The average Bonchev–Trinajstić information content (AvgIpc) is 2.70. The zero-order chi connectivity index (χ0) is 19.6. The molecule has 26 heavy (non-hydrogen) atoms. The predicted octanol–water partition coefficient (Wildman–Crippen LogP) is 2.96. The smallest absolute Gasteiger partial charge is 0.427 e. The van der Waals surface area contributed by atoms with Crippen molar-refractivity contribution in [2.45, 2.75) is 32.8 Å². The molecular weight excluding hydrogens is 365 g/mol. The van der Waals surface area contributed by atoms with Crippen molar-refractivity contribution in [2.24, 2.45) is 0 Å². The Balaban J connectivity index is 2.54. The number of aromatic nitrogens is 2. The number of halogens is 1. The predicted molar refractivity (Wildman–Crippen MR) is 93.2 cm³/mol. The summed E-state index contributed by atoms with van der Waals surface area (Å²) >= 11 is 5.24. The Kier molecular flexibility index (Phi) is 5.36. The van der Waals surface area contributed by atoms with Crippen molar-refractivity contribution in [3.05, 3.63) is 40.5 Å². The molecule has 8 nitrogen and oxygen atoms in total. The summed E-state index contributed by atoms with van der Waals surface area (Å²) in [6, 6.07) is 5.03. The summed E-state index contributed by atoms with van der Waals surface area (Å²) in [5.74, 6) is -2.22. The van der Waals surface area contributed by atoms with Crippen LogP contribution in [0.5, 0.6) is 5.88 Å². The third kappa shape index (κ3) is 4.39. The van der Waals surface area contributed by atoms with Crippen LogP contribution in [0.3, 0.4) is 0 Å². The van der Waals surface area contributed by atoms with Crippen LogP contribution in [0.1, 0.15) is 26.5 Å². The third-order valence-corrected chi connectivity index (χ3v) is 3.49. The van der Waals surface area contributed by atoms with Gasteiger partial charge in [-0.2, -0.15) is 0 Å². The van der Waals surface area contributed by atoms with Crippen molar-refractivity contribution in [2.75, 3.05) is 5.43 Å². The molecule has 0 atom stereocenters. The van der Waals surface area contributed by atoms with Gasteiger partial charge in [-0.3, -0.25) is 9.36 Å². The minimum atomic E-state index is -1.24. The number of rotatable bonds is 4. The number of carboxylic acid groups (broad SMARTS) is 1. The number of carboxylic acids is 1. The van der Waals surface area contributed by atoms with Crippen molar-refractivity contribution in [1.29, 1.82) is 0 Å². The van der Waals surface area contributed by atoms with Crippen LogP contribution in [0.4, 0.5) is 9.18 Å². The number of aromatic hydroxyl groups is 1. The van der Waals surface area contributed by atoms with Gasteiger partial charge in [0, 0.05) is 0 Å². The fourth-order valence-electron chi connectivity index (χ4n) is 2.17. The maximum atomic E-state index is 13.1. The number of hydrogen-bond acceptors (Lipinski definition) is 5. The molecule has 0 radical (unpaired) electrons. The lowest BCUT2D eigenvalue weighted by Crippen LogP contribution is -2.32. The van der Waals surface area contributed by atoms with E-state index in [0.29, 0.717) is 5.69 Å². The number of carbonyl (C=O) groups excluding carboxylic acids is 1. The first-order valence-corrected chi connectivity index (χ1v) is 7.94. The lowest BCUT2D eigenvalue weighted by Gasteiger charge is -2.20. The molecule has 0 aliphatic rings. The van der Waals surface area contributed by atoms with E-state index in [0.717, 1.165) is 21.4 Å². The minimum absolute atomic E-state index is 0.115. The highest BCUT2D eigenvalue weighted by atomic mass is 32.1. The lowest BCUT2D eigenvalue weighted by atomic mass is 10.2. The van der Waals surface area contributed by atoms with Gasteiger partial charge in [-0.1, -0.05) is 0 Å². The SMILES string of the molecule is CC(C)(C)OC(=O)Nn1c(CC(=O)O)c(O)n(-c2ccc(F)cc2)c1=S. The van der Waals surface area contributed by atoms with Crippen molar-refractivity contribution in [3.8, 4) is 11.6 Å². The average molecular weight is 383 g/mol. The number of hydrogen-bond donors (Lipinski definition) is 3. The van der Waals surface area contributed by atoms with Crippen LogP contribution in [-0.4, -0.2) is 37.1 Å². The summed E-state index contributed by atoms with van der Waals surface area (Å²) in [5, 5.41) is 19.5. The highest BCUT2D eigenvalue weighted by Gasteiger charge is 2.24. The van der Waals surface area contributed by atoms with E-state index < -0.39 is 35.8 Å². The first-order valence-electron chi connectivity index (χ1n) is 7.53. The van der Waals surface area contributed by atoms with Gasteiger partial charge in [-0.15, -0.1) is 0 Å². The molecule has 2 aromatic rings. The number of nitrogens with zero attached hydrogens (tertiary/aromatic N) is 2. The molecule has 0 aliphatic carbocycles. The largest absolute Gasteiger partial charge is 0.493 e. The molecule has 3 N–H and O–H groups in total. The topological polar surface area (TPSA) is 106 Å². The minimum Gasteiger partial charge on any atom is -0.493 e. The van der Waals surface area contributed by atoms with Gasteiger partial charge >= 0.3 is 12.1 Å². The van der Waals surface area contributed by atoms with Crippen LogP contribution < -0.4 is 5.43 Å². The Labute approximate surface area is 153 Å². The summed E-state index contributed by atoms with van der Waals surface area (Å²) in [6.07, 6.45) is -1.49. The molecule has 1 heterocycles. The van der Waals surface area contributed by atoms with E-state index in [2.05, 4.69) is 5.43 Å². The van der Waals surface area contributed by atoms with Gasteiger partial charge in [0.05, 0.1) is 12.1 Å². The second kappa shape index (κ2) is 7.16. The molecule has 0 saturated carbocycles. The maximum absolute atomic E-state index is 13.1. The quantitative estimate of drug-likeness (QED) is 0.701. The molecule has 0 unspecified atom stereocenters. The van der Waals surface area contributed by atoms with Gasteiger partial charge < -0.3 is 14.9 Å². The van der Waals surface area contributed by atoms with E-state index in [4.69, 9.17) is 22.1 Å². The van der Waals surface area contributed by atoms with Crippen LogP contribution in [-0.2, 0) is 16.0 Å². The van der Waals surface area contributed by atoms with Crippen LogP contribution in [0, 0.1) is 10.6 Å². The molecule has 0 aliphatic heterocycles. The number of ether oxygens (including phenoxy) is 1. The van der Waals surface area contributed by atoms with E-state index in [-0.39, 0.29) is 10.5 Å². The molecule has 1 amide bonds. The number of nitrogens with one attached hydrogen (secondary N) is 1. The van der Waals surface area contributed by atoms with Gasteiger partial charge in [0.25, 0.3) is 0 Å². The Morgan fingerprint density at radius 3 is 2.35 bits per heavy atom. The van der Waals surface area contributed by atoms with Crippen LogP contribution in [0.15, 0.2) is 24.3 Å². The third-order valence-electron chi connectivity index (χ3n) is 3.13. The van der Waals surface area contributed by atoms with Gasteiger partial charge in [-0.05, 0) is 57.3 Å². The summed E-state index contributed by atoms with van der Waals surface area (Å²) in [6.45, 7) is 4.97. The second-order valence-electron chi connectivity index (χ2n) is 6.38. The highest BCUT2D eigenvalue weighted by molar-refractivity contribution is 7.71. The lowest BCUT2D eigenvalue weighted by molar-refractivity contribution is -0.136. The second-order valence-corrected chi connectivity index (χ2v) is 6.75. The standard InChI is InChI=1S/C16H18FN3O5S/c1-16(2,3)25-14(24)18-20-11(8-12(21)22)13(23)19(15(20)26)10-6-4-9(17)5-7-10/h4-7,23H,8H2,1-3H3,(H,18,24)(H,21,22). The van der Waals surface area contributed by atoms with E-state index in [1.54, 1.807) is 20.8 Å². The van der Waals surface area contributed by atoms with Gasteiger partial charge in [0.15, 0.2) is 0 Å². The first kappa shape index (κ1) is 19.4. The summed E-state index contributed by atoms with van der Waals surface area (Å²) in [5.41, 5.74) is 1.67.